The van der Waals surface area contributed by atoms with E-state index in [0.717, 1.165) is 47.9 Å². The minimum atomic E-state index is 0.112. The van der Waals surface area contributed by atoms with Crippen molar-refractivity contribution in [3.8, 4) is 0 Å². The van der Waals surface area contributed by atoms with Gasteiger partial charge < -0.3 is 10.6 Å². The maximum Gasteiger partial charge on any atom is 0.140 e. The van der Waals surface area contributed by atoms with Crippen LogP contribution in [-0.4, -0.2) is 34.4 Å². The first-order chi connectivity index (χ1) is 9.30. The Bertz CT molecular complexity index is 525. The van der Waals surface area contributed by atoms with Crippen LogP contribution in [0, 0.1) is 19.3 Å². The first-order valence-electron chi connectivity index (χ1n) is 7.02. The molecule has 0 aromatic carbocycles. The number of aromatic nitrogens is 1. The predicted molar refractivity (Wildman–Crippen MR) is 88.1 cm³/mol. The number of rotatable bonds is 2. The molecular formula is C15H24N4S. The number of aryl methyl sites for hydroxylation is 2. The van der Waals surface area contributed by atoms with Crippen LogP contribution in [0.3, 0.4) is 0 Å². The van der Waals surface area contributed by atoms with Crippen LogP contribution in [0.4, 0.5) is 5.82 Å². The summed E-state index contributed by atoms with van der Waals surface area (Å²) in [7, 11) is 0. The van der Waals surface area contributed by atoms with E-state index < -0.39 is 0 Å². The Morgan fingerprint density at radius 2 is 2.10 bits per heavy atom. The molecule has 0 bridgehead atoms. The second-order valence-corrected chi connectivity index (χ2v) is 7.84. The SMILES string of the molecule is Cc1cc(C)c(C(=N)N)c(N2CCSC(C)(C)CC2)n1. The van der Waals surface area contributed by atoms with E-state index in [9.17, 15) is 0 Å². The Hall–Kier alpha value is -1.23. The number of pyridine rings is 1. The highest BCUT2D eigenvalue weighted by molar-refractivity contribution is 8.00. The Morgan fingerprint density at radius 1 is 1.40 bits per heavy atom. The molecule has 1 saturated heterocycles. The molecule has 1 aliphatic rings. The molecule has 2 rings (SSSR count). The minimum absolute atomic E-state index is 0.112. The molecule has 1 aromatic rings. The third kappa shape index (κ3) is 3.26. The Labute approximate surface area is 125 Å². The van der Waals surface area contributed by atoms with Gasteiger partial charge in [0, 0.05) is 29.3 Å². The number of amidine groups is 1. The molecule has 20 heavy (non-hydrogen) atoms. The zero-order valence-electron chi connectivity index (χ0n) is 12.8. The van der Waals surface area contributed by atoms with Gasteiger partial charge in [-0.3, -0.25) is 5.41 Å². The number of thioether (sulfide) groups is 1. The molecule has 3 N–H and O–H groups in total. The number of anilines is 1. The normalized spacial score (nSPS) is 18.7. The van der Waals surface area contributed by atoms with Gasteiger partial charge in [0.2, 0.25) is 0 Å². The number of nitrogens with one attached hydrogen (secondary N) is 1. The third-order valence-electron chi connectivity index (χ3n) is 3.73. The highest BCUT2D eigenvalue weighted by atomic mass is 32.2. The molecule has 0 amide bonds. The first kappa shape index (κ1) is 15.2. The van der Waals surface area contributed by atoms with Gasteiger partial charge in [-0.2, -0.15) is 11.8 Å². The van der Waals surface area contributed by atoms with E-state index in [1.54, 1.807) is 0 Å². The standard InChI is InChI=1S/C15H24N4S/c1-10-9-11(2)18-14(12(10)13(16)17)19-6-5-15(3,4)20-8-7-19/h9H,5-8H2,1-4H3,(H3,16,17). The van der Waals surface area contributed by atoms with Gasteiger partial charge >= 0.3 is 0 Å². The molecule has 4 nitrogen and oxygen atoms in total. The average molecular weight is 292 g/mol. The van der Waals surface area contributed by atoms with Crippen molar-refractivity contribution in [2.24, 2.45) is 5.73 Å². The van der Waals surface area contributed by atoms with Crippen molar-refractivity contribution >= 4 is 23.4 Å². The third-order valence-corrected chi connectivity index (χ3v) is 5.10. The fourth-order valence-corrected chi connectivity index (χ4v) is 3.71. The minimum Gasteiger partial charge on any atom is -0.384 e. The van der Waals surface area contributed by atoms with Crippen molar-refractivity contribution in [3.05, 3.63) is 22.9 Å². The number of nitrogen functional groups attached to an aromatic ring is 1. The lowest BCUT2D eigenvalue weighted by Crippen LogP contribution is -2.31. The molecule has 1 aliphatic heterocycles. The predicted octanol–water partition coefficient (Wildman–Crippen LogP) is 2.70. The van der Waals surface area contributed by atoms with E-state index >= 15 is 0 Å². The van der Waals surface area contributed by atoms with Gasteiger partial charge in [-0.05, 0) is 31.9 Å². The summed E-state index contributed by atoms with van der Waals surface area (Å²) in [5, 5.41) is 7.84. The second-order valence-electron chi connectivity index (χ2n) is 6.04. The molecule has 0 unspecified atom stereocenters. The molecule has 0 saturated carbocycles. The van der Waals surface area contributed by atoms with Gasteiger partial charge in [0.15, 0.2) is 0 Å². The number of hydrogen-bond donors (Lipinski definition) is 2. The maximum absolute atomic E-state index is 7.84. The average Bonchev–Trinajstić information content (AvgIpc) is 2.48. The summed E-state index contributed by atoms with van der Waals surface area (Å²) in [4.78, 5) is 6.95. The summed E-state index contributed by atoms with van der Waals surface area (Å²) in [5.41, 5.74) is 8.59. The molecule has 1 fully saturated rings. The molecule has 1 aromatic heterocycles. The Balaban J connectivity index is 2.39. The van der Waals surface area contributed by atoms with Crippen LogP contribution >= 0.6 is 11.8 Å². The number of hydrogen-bond acceptors (Lipinski definition) is 4. The summed E-state index contributed by atoms with van der Waals surface area (Å²) in [6, 6.07) is 2.00. The molecular weight excluding hydrogens is 268 g/mol. The monoisotopic (exact) mass is 292 g/mol. The maximum atomic E-state index is 7.84. The van der Waals surface area contributed by atoms with Crippen LogP contribution in [0.2, 0.25) is 0 Å². The summed E-state index contributed by atoms with van der Waals surface area (Å²) in [6.45, 7) is 10.5. The van der Waals surface area contributed by atoms with E-state index in [2.05, 4.69) is 23.7 Å². The molecule has 110 valence electrons. The topological polar surface area (TPSA) is 66.0 Å². The van der Waals surface area contributed by atoms with Crippen molar-refractivity contribution in [2.75, 3.05) is 23.7 Å². The van der Waals surface area contributed by atoms with Crippen molar-refractivity contribution in [3.63, 3.8) is 0 Å². The van der Waals surface area contributed by atoms with E-state index in [1.807, 2.05) is 31.7 Å². The number of nitrogens with two attached hydrogens (primary N) is 1. The van der Waals surface area contributed by atoms with Gasteiger partial charge in [-0.15, -0.1) is 0 Å². The molecule has 0 spiro atoms. The smallest absolute Gasteiger partial charge is 0.140 e. The van der Waals surface area contributed by atoms with Crippen LogP contribution in [0.25, 0.3) is 0 Å². The van der Waals surface area contributed by atoms with E-state index in [1.165, 1.54) is 0 Å². The van der Waals surface area contributed by atoms with Crippen LogP contribution in [0.1, 0.15) is 37.1 Å². The zero-order valence-corrected chi connectivity index (χ0v) is 13.6. The lowest BCUT2D eigenvalue weighted by Gasteiger charge is -2.26. The van der Waals surface area contributed by atoms with Gasteiger partial charge in [-0.25, -0.2) is 4.98 Å². The highest BCUT2D eigenvalue weighted by Gasteiger charge is 2.26. The van der Waals surface area contributed by atoms with Gasteiger partial charge in [-0.1, -0.05) is 13.8 Å². The van der Waals surface area contributed by atoms with Crippen LogP contribution < -0.4 is 10.6 Å². The lowest BCUT2D eigenvalue weighted by atomic mass is 10.1. The highest BCUT2D eigenvalue weighted by Crippen LogP contribution is 2.33. The summed E-state index contributed by atoms with van der Waals surface area (Å²) in [5.74, 6) is 2.08. The zero-order chi connectivity index (χ0) is 14.9. The Kier molecular flexibility index (Phi) is 4.28. The lowest BCUT2D eigenvalue weighted by molar-refractivity contribution is 0.634. The molecule has 0 atom stereocenters. The van der Waals surface area contributed by atoms with E-state index in [0.29, 0.717) is 4.75 Å². The summed E-state index contributed by atoms with van der Waals surface area (Å²) < 4.78 is 0.310. The quantitative estimate of drug-likeness (QED) is 0.650. The van der Waals surface area contributed by atoms with Gasteiger partial charge in [0.1, 0.15) is 11.7 Å². The van der Waals surface area contributed by atoms with E-state index in [-0.39, 0.29) is 5.84 Å². The van der Waals surface area contributed by atoms with Crippen molar-refractivity contribution < 1.29 is 0 Å². The second kappa shape index (κ2) is 5.64. The van der Waals surface area contributed by atoms with Crippen molar-refractivity contribution in [1.29, 1.82) is 5.41 Å². The largest absolute Gasteiger partial charge is 0.384 e. The fourth-order valence-electron chi connectivity index (χ4n) is 2.61. The fraction of sp³-hybridized carbons (Fsp3) is 0.600. The van der Waals surface area contributed by atoms with Crippen molar-refractivity contribution in [1.82, 2.24) is 4.98 Å². The Morgan fingerprint density at radius 3 is 2.75 bits per heavy atom. The molecule has 0 radical (unpaired) electrons. The molecule has 5 heteroatoms. The molecule has 0 aliphatic carbocycles. The van der Waals surface area contributed by atoms with Crippen LogP contribution in [0.5, 0.6) is 0 Å². The molecule has 2 heterocycles. The van der Waals surface area contributed by atoms with Gasteiger partial charge in [0.05, 0.1) is 5.56 Å². The summed E-state index contributed by atoms with van der Waals surface area (Å²) >= 11 is 2.01. The van der Waals surface area contributed by atoms with E-state index in [4.69, 9.17) is 11.1 Å². The van der Waals surface area contributed by atoms with Crippen LogP contribution in [-0.2, 0) is 0 Å². The summed E-state index contributed by atoms with van der Waals surface area (Å²) in [6.07, 6.45) is 1.11. The van der Waals surface area contributed by atoms with Gasteiger partial charge in [0.25, 0.3) is 0 Å². The van der Waals surface area contributed by atoms with Crippen molar-refractivity contribution in [2.45, 2.75) is 38.9 Å². The number of nitrogens with zero attached hydrogens (tertiary/aromatic N) is 2. The van der Waals surface area contributed by atoms with Crippen LogP contribution in [0.15, 0.2) is 6.07 Å². The first-order valence-corrected chi connectivity index (χ1v) is 8.00.